The van der Waals surface area contributed by atoms with E-state index in [0.717, 1.165) is 45.4 Å². The Labute approximate surface area is 238 Å². The first-order valence-electron chi connectivity index (χ1n) is 13.4. The zero-order chi connectivity index (χ0) is 27.9. The lowest BCUT2D eigenvalue weighted by molar-refractivity contribution is 0.355. The van der Waals surface area contributed by atoms with Crippen LogP contribution in [0.1, 0.15) is 22.9 Å². The molecule has 1 atom stereocenters. The third-order valence-corrected chi connectivity index (χ3v) is 7.40. The lowest BCUT2D eigenvalue weighted by Crippen LogP contribution is -2.46. The highest BCUT2D eigenvalue weighted by Gasteiger charge is 2.41. The van der Waals surface area contributed by atoms with Gasteiger partial charge in [0.15, 0.2) is 29.0 Å². The summed E-state index contributed by atoms with van der Waals surface area (Å²) in [6, 6.07) is 34.3. The number of amidine groups is 2. The molecule has 0 fully saturated rings. The van der Waals surface area contributed by atoms with E-state index in [2.05, 4.69) is 47.5 Å². The van der Waals surface area contributed by atoms with Crippen molar-refractivity contribution >= 4 is 34.6 Å². The summed E-state index contributed by atoms with van der Waals surface area (Å²) in [7, 11) is 3.25. The van der Waals surface area contributed by atoms with Gasteiger partial charge in [-0.25, -0.2) is 14.7 Å². The molecule has 2 aliphatic rings. The van der Waals surface area contributed by atoms with Gasteiger partial charge in [-0.05, 0) is 48.9 Å². The molecule has 0 bridgehead atoms. The monoisotopic (exact) mass is 540 g/mol. The van der Waals surface area contributed by atoms with Gasteiger partial charge in [-0.3, -0.25) is 0 Å². The number of anilines is 2. The first-order valence-corrected chi connectivity index (χ1v) is 13.4. The van der Waals surface area contributed by atoms with Gasteiger partial charge in [-0.2, -0.15) is 5.10 Å². The number of methoxy groups -OCH3 is 2. The number of aryl methyl sites for hydroxylation is 1. The molecule has 7 rings (SSSR count). The SMILES string of the molecule is COc1ccc(NC2=Nc3ccccc3N3C2=Nc2c(c(C)nn2-c2ccccc2)C3c2ccccc2)cc1OC. The summed E-state index contributed by atoms with van der Waals surface area (Å²) < 4.78 is 12.9. The van der Waals surface area contributed by atoms with E-state index < -0.39 is 0 Å². The second-order valence-corrected chi connectivity index (χ2v) is 9.83. The van der Waals surface area contributed by atoms with Crippen molar-refractivity contribution < 1.29 is 9.47 Å². The Bertz CT molecular complexity index is 1810. The van der Waals surface area contributed by atoms with E-state index in [1.54, 1.807) is 14.2 Å². The third kappa shape index (κ3) is 4.12. The minimum Gasteiger partial charge on any atom is -0.493 e. The summed E-state index contributed by atoms with van der Waals surface area (Å²) in [5.41, 5.74) is 6.71. The van der Waals surface area contributed by atoms with Crippen LogP contribution in [0.4, 0.5) is 22.9 Å². The second-order valence-electron chi connectivity index (χ2n) is 9.83. The van der Waals surface area contributed by atoms with Crippen molar-refractivity contribution in [1.82, 2.24) is 9.78 Å². The lowest BCUT2D eigenvalue weighted by Gasteiger charge is -2.40. The van der Waals surface area contributed by atoms with Crippen LogP contribution in [0.25, 0.3) is 5.69 Å². The summed E-state index contributed by atoms with van der Waals surface area (Å²) >= 11 is 0. The molecule has 0 spiro atoms. The van der Waals surface area contributed by atoms with Gasteiger partial charge in [0.05, 0.1) is 43.0 Å². The maximum Gasteiger partial charge on any atom is 0.179 e. The highest BCUT2D eigenvalue weighted by Crippen LogP contribution is 2.48. The fourth-order valence-corrected chi connectivity index (χ4v) is 5.55. The van der Waals surface area contributed by atoms with Gasteiger partial charge in [-0.15, -0.1) is 0 Å². The van der Waals surface area contributed by atoms with Crippen LogP contribution in [-0.4, -0.2) is 35.7 Å². The number of hydrogen-bond acceptors (Lipinski definition) is 7. The predicted molar refractivity (Wildman–Crippen MR) is 163 cm³/mol. The number of para-hydroxylation sites is 3. The summed E-state index contributed by atoms with van der Waals surface area (Å²) in [6.07, 6.45) is 0. The Morgan fingerprint density at radius 3 is 2.22 bits per heavy atom. The van der Waals surface area contributed by atoms with E-state index in [-0.39, 0.29) is 6.04 Å². The molecule has 202 valence electrons. The van der Waals surface area contributed by atoms with Gasteiger partial charge in [0.1, 0.15) is 0 Å². The Hall–Kier alpha value is -5.37. The largest absolute Gasteiger partial charge is 0.493 e. The van der Waals surface area contributed by atoms with Crippen LogP contribution in [0.15, 0.2) is 113 Å². The van der Waals surface area contributed by atoms with Crippen LogP contribution < -0.4 is 19.7 Å². The average Bonchev–Trinajstić information content (AvgIpc) is 3.36. The number of fused-ring (bicyclic) bond motifs is 4. The number of hydrogen-bond donors (Lipinski definition) is 1. The minimum atomic E-state index is -0.171. The molecule has 5 aromatic rings. The molecule has 4 aromatic carbocycles. The van der Waals surface area contributed by atoms with E-state index >= 15 is 0 Å². The molecule has 8 nitrogen and oxygen atoms in total. The molecule has 1 N–H and O–H groups in total. The normalized spacial score (nSPS) is 15.2. The van der Waals surface area contributed by atoms with Crippen LogP contribution >= 0.6 is 0 Å². The van der Waals surface area contributed by atoms with Crippen molar-refractivity contribution in [3.8, 4) is 17.2 Å². The molecular formula is C33H28N6O2. The third-order valence-electron chi connectivity index (χ3n) is 7.40. The molecule has 3 heterocycles. The number of nitrogens with zero attached hydrogens (tertiary/aromatic N) is 5. The molecule has 0 saturated carbocycles. The maximum atomic E-state index is 5.56. The van der Waals surface area contributed by atoms with Crippen molar-refractivity contribution in [3.05, 3.63) is 120 Å². The van der Waals surface area contributed by atoms with Crippen LogP contribution in [0.3, 0.4) is 0 Å². The molecule has 41 heavy (non-hydrogen) atoms. The maximum absolute atomic E-state index is 5.56. The first kappa shape index (κ1) is 24.7. The molecule has 2 aliphatic heterocycles. The Balaban J connectivity index is 1.46. The zero-order valence-corrected chi connectivity index (χ0v) is 22.9. The highest BCUT2D eigenvalue weighted by atomic mass is 16.5. The number of rotatable bonds is 5. The van der Waals surface area contributed by atoms with Gasteiger partial charge in [0.25, 0.3) is 0 Å². The average molecular weight is 541 g/mol. The summed E-state index contributed by atoms with van der Waals surface area (Å²) in [4.78, 5) is 12.6. The van der Waals surface area contributed by atoms with Crippen LogP contribution in [-0.2, 0) is 0 Å². The number of aliphatic imine (C=N–C) groups is 2. The van der Waals surface area contributed by atoms with Crippen LogP contribution in [0.5, 0.6) is 11.5 Å². The quantitative estimate of drug-likeness (QED) is 0.260. The van der Waals surface area contributed by atoms with Crippen molar-refractivity contribution in [2.75, 3.05) is 24.4 Å². The Morgan fingerprint density at radius 1 is 0.756 bits per heavy atom. The first-order chi connectivity index (χ1) is 20.2. The van der Waals surface area contributed by atoms with E-state index in [1.165, 1.54) is 0 Å². The zero-order valence-electron chi connectivity index (χ0n) is 22.9. The molecule has 1 aromatic heterocycles. The Kier molecular flexibility index (Phi) is 6.00. The number of nitrogens with one attached hydrogen (secondary N) is 1. The molecule has 0 aliphatic carbocycles. The van der Waals surface area contributed by atoms with E-state index in [1.807, 2.05) is 77.5 Å². The van der Waals surface area contributed by atoms with Crippen molar-refractivity contribution in [3.63, 3.8) is 0 Å². The number of benzene rings is 4. The second kappa shape index (κ2) is 9.98. The van der Waals surface area contributed by atoms with E-state index in [9.17, 15) is 0 Å². The molecular weight excluding hydrogens is 512 g/mol. The van der Waals surface area contributed by atoms with Gasteiger partial charge < -0.3 is 19.7 Å². The lowest BCUT2D eigenvalue weighted by atomic mass is 9.93. The van der Waals surface area contributed by atoms with E-state index in [0.29, 0.717) is 23.2 Å². The number of aromatic nitrogens is 2. The smallest absolute Gasteiger partial charge is 0.179 e. The number of ether oxygens (including phenoxy) is 2. The Morgan fingerprint density at radius 2 is 1.46 bits per heavy atom. The molecule has 0 amide bonds. The van der Waals surface area contributed by atoms with Gasteiger partial charge in [0.2, 0.25) is 0 Å². The van der Waals surface area contributed by atoms with Gasteiger partial charge in [0, 0.05) is 17.3 Å². The van der Waals surface area contributed by atoms with E-state index in [4.69, 9.17) is 24.6 Å². The molecule has 1 unspecified atom stereocenters. The highest BCUT2D eigenvalue weighted by molar-refractivity contribution is 6.51. The summed E-state index contributed by atoms with van der Waals surface area (Å²) in [5.74, 6) is 3.40. The fraction of sp³-hybridized carbons (Fsp3) is 0.121. The van der Waals surface area contributed by atoms with Crippen molar-refractivity contribution in [1.29, 1.82) is 0 Å². The van der Waals surface area contributed by atoms with Gasteiger partial charge in [-0.1, -0.05) is 60.7 Å². The fourth-order valence-electron chi connectivity index (χ4n) is 5.55. The summed E-state index contributed by atoms with van der Waals surface area (Å²) in [6.45, 7) is 2.06. The van der Waals surface area contributed by atoms with Gasteiger partial charge >= 0.3 is 0 Å². The van der Waals surface area contributed by atoms with Crippen molar-refractivity contribution in [2.24, 2.45) is 9.98 Å². The molecule has 0 saturated heterocycles. The van der Waals surface area contributed by atoms with Crippen molar-refractivity contribution in [2.45, 2.75) is 13.0 Å². The van der Waals surface area contributed by atoms with Crippen LogP contribution in [0, 0.1) is 6.92 Å². The van der Waals surface area contributed by atoms with Crippen LogP contribution in [0.2, 0.25) is 0 Å². The summed E-state index contributed by atoms with van der Waals surface area (Å²) in [5, 5.41) is 8.52. The predicted octanol–water partition coefficient (Wildman–Crippen LogP) is 6.99. The topological polar surface area (TPSA) is 76.3 Å². The molecule has 0 radical (unpaired) electrons. The molecule has 8 heteroatoms. The minimum absolute atomic E-state index is 0.171. The standard InChI is InChI=1S/C33H28N6O2/c1-21-29-30(22-12-6-4-7-13-22)38-26-17-11-10-16-25(26)35-31(34-23-18-19-27(40-2)28(20-23)41-3)33(38)36-32(29)39(37-21)24-14-8-5-9-15-24/h4-20,30H,1-3H3,(H,34,35).